The van der Waals surface area contributed by atoms with Gasteiger partial charge in [-0.25, -0.2) is 4.98 Å². The van der Waals surface area contributed by atoms with E-state index in [0.29, 0.717) is 0 Å². The van der Waals surface area contributed by atoms with Crippen molar-refractivity contribution in [3.8, 4) is 0 Å². The van der Waals surface area contributed by atoms with Gasteiger partial charge in [0.15, 0.2) is 7.38 Å². The van der Waals surface area contributed by atoms with Crippen LogP contribution in [0.5, 0.6) is 0 Å². The summed E-state index contributed by atoms with van der Waals surface area (Å²) in [7, 11) is -1.71. The molecule has 0 radical (unpaired) electrons. The molecule has 74 valence electrons. The number of hydrogen-bond donors (Lipinski definition) is 1. The van der Waals surface area contributed by atoms with E-state index in [-0.39, 0.29) is 5.04 Å². The van der Waals surface area contributed by atoms with Gasteiger partial charge in [-0.3, -0.25) is 0 Å². The molecule has 4 heteroatoms. The van der Waals surface area contributed by atoms with Crippen molar-refractivity contribution in [1.82, 2.24) is 9.97 Å². The largest absolute Gasteiger partial charge is 0.349 e. The predicted molar refractivity (Wildman–Crippen MR) is 59.5 cm³/mol. The SMILES string of the molecule is CC(C)(C)[Si](C)(Cl)Cc1cnc[nH]1. The second-order valence-electron chi connectivity index (χ2n) is 4.70. The minimum Gasteiger partial charge on any atom is -0.349 e. The van der Waals surface area contributed by atoms with E-state index in [0.717, 1.165) is 11.7 Å². The van der Waals surface area contributed by atoms with Crippen molar-refractivity contribution in [1.29, 1.82) is 0 Å². The van der Waals surface area contributed by atoms with Gasteiger partial charge >= 0.3 is 0 Å². The molecule has 0 fully saturated rings. The Morgan fingerprint density at radius 2 is 2.15 bits per heavy atom. The number of aromatic amines is 1. The first-order chi connectivity index (χ1) is 5.83. The maximum Gasteiger partial charge on any atom is 0.164 e. The van der Waals surface area contributed by atoms with Crippen LogP contribution in [0.4, 0.5) is 0 Å². The highest BCUT2D eigenvalue weighted by Crippen LogP contribution is 2.40. The lowest BCUT2D eigenvalue weighted by atomic mass is 10.2. The van der Waals surface area contributed by atoms with Crippen LogP contribution in [0.1, 0.15) is 26.5 Å². The van der Waals surface area contributed by atoms with Gasteiger partial charge in [0.05, 0.1) is 6.33 Å². The summed E-state index contributed by atoms with van der Waals surface area (Å²) in [6.07, 6.45) is 3.57. The quantitative estimate of drug-likeness (QED) is 0.598. The van der Waals surface area contributed by atoms with E-state index in [1.54, 1.807) is 6.33 Å². The van der Waals surface area contributed by atoms with E-state index in [2.05, 4.69) is 37.3 Å². The van der Waals surface area contributed by atoms with Crippen LogP contribution in [0, 0.1) is 0 Å². The van der Waals surface area contributed by atoms with Crippen LogP contribution in [-0.4, -0.2) is 17.4 Å². The zero-order valence-electron chi connectivity index (χ0n) is 8.69. The van der Waals surface area contributed by atoms with Gasteiger partial charge in [-0.2, -0.15) is 11.1 Å². The number of H-pyrrole nitrogens is 1. The van der Waals surface area contributed by atoms with Crippen LogP contribution in [0.3, 0.4) is 0 Å². The lowest BCUT2D eigenvalue weighted by molar-refractivity contribution is 0.725. The molecule has 0 spiro atoms. The van der Waals surface area contributed by atoms with Crippen LogP contribution in [0.2, 0.25) is 11.6 Å². The topological polar surface area (TPSA) is 28.7 Å². The van der Waals surface area contributed by atoms with Crippen LogP contribution < -0.4 is 0 Å². The van der Waals surface area contributed by atoms with Crippen LogP contribution in [0.15, 0.2) is 12.5 Å². The molecule has 0 aromatic carbocycles. The first-order valence-corrected chi connectivity index (χ1v) is 8.21. The molecule has 0 saturated carbocycles. The molecule has 1 atom stereocenters. The lowest BCUT2D eigenvalue weighted by Gasteiger charge is -2.33. The van der Waals surface area contributed by atoms with Gasteiger partial charge in [0.1, 0.15) is 0 Å². The van der Waals surface area contributed by atoms with Gasteiger partial charge in [-0.1, -0.05) is 27.3 Å². The Balaban J connectivity index is 2.73. The highest BCUT2D eigenvalue weighted by atomic mass is 35.6. The number of hydrogen-bond acceptors (Lipinski definition) is 1. The Morgan fingerprint density at radius 3 is 2.54 bits per heavy atom. The van der Waals surface area contributed by atoms with Crippen molar-refractivity contribution in [2.24, 2.45) is 0 Å². The zero-order valence-corrected chi connectivity index (χ0v) is 10.4. The Labute approximate surface area is 85.4 Å². The standard InChI is InChI=1S/C9H17ClN2Si/c1-9(2,3)13(4,10)6-8-5-11-7-12-8/h5,7H,6H2,1-4H3,(H,11,12). The summed E-state index contributed by atoms with van der Waals surface area (Å²) in [6.45, 7) is 8.84. The molecule has 1 rings (SSSR count). The smallest absolute Gasteiger partial charge is 0.164 e. The van der Waals surface area contributed by atoms with Gasteiger partial charge in [0.25, 0.3) is 0 Å². The molecule has 1 unspecified atom stereocenters. The second-order valence-corrected chi connectivity index (χ2v) is 11.5. The molecular weight excluding hydrogens is 200 g/mol. The fourth-order valence-corrected chi connectivity index (χ4v) is 2.88. The first-order valence-electron chi connectivity index (χ1n) is 4.49. The molecule has 1 N–H and O–H groups in total. The Bertz CT molecular complexity index is 262. The number of aromatic nitrogens is 2. The van der Waals surface area contributed by atoms with E-state index in [4.69, 9.17) is 11.1 Å². The van der Waals surface area contributed by atoms with Gasteiger partial charge in [-0.15, -0.1) is 0 Å². The minimum atomic E-state index is -1.71. The molecule has 0 amide bonds. The molecule has 0 bridgehead atoms. The number of halogens is 1. The number of nitrogens with one attached hydrogen (secondary N) is 1. The number of rotatable bonds is 2. The molecule has 0 saturated heterocycles. The molecule has 0 aliphatic carbocycles. The summed E-state index contributed by atoms with van der Waals surface area (Å²) in [5.41, 5.74) is 1.15. The second kappa shape index (κ2) is 3.46. The average Bonchev–Trinajstić information content (AvgIpc) is 2.35. The third-order valence-corrected chi connectivity index (χ3v) is 8.92. The summed E-state index contributed by atoms with van der Waals surface area (Å²) in [4.78, 5) is 7.10. The van der Waals surface area contributed by atoms with Crippen LogP contribution in [0.25, 0.3) is 0 Å². The van der Waals surface area contributed by atoms with E-state index >= 15 is 0 Å². The maximum absolute atomic E-state index is 6.59. The average molecular weight is 217 g/mol. The van der Waals surface area contributed by atoms with E-state index in [1.165, 1.54) is 0 Å². The van der Waals surface area contributed by atoms with E-state index in [1.807, 2.05) is 6.20 Å². The van der Waals surface area contributed by atoms with Gasteiger partial charge in [0.2, 0.25) is 0 Å². The molecule has 1 aromatic rings. The lowest BCUT2D eigenvalue weighted by Crippen LogP contribution is -2.37. The molecule has 13 heavy (non-hydrogen) atoms. The van der Waals surface area contributed by atoms with Crippen molar-refractivity contribution in [3.63, 3.8) is 0 Å². The molecule has 0 aliphatic heterocycles. The molecule has 0 aliphatic rings. The van der Waals surface area contributed by atoms with Crippen LogP contribution >= 0.6 is 11.1 Å². The van der Waals surface area contributed by atoms with Crippen molar-refractivity contribution >= 4 is 18.5 Å². The Kier molecular flexibility index (Phi) is 2.87. The van der Waals surface area contributed by atoms with Crippen molar-refractivity contribution < 1.29 is 0 Å². The first kappa shape index (κ1) is 10.8. The molecular formula is C9H17ClN2Si. The molecule has 1 aromatic heterocycles. The maximum atomic E-state index is 6.59. The Morgan fingerprint density at radius 1 is 1.54 bits per heavy atom. The van der Waals surface area contributed by atoms with Crippen molar-refractivity contribution in [2.75, 3.05) is 0 Å². The normalized spacial score (nSPS) is 17.0. The fourth-order valence-electron chi connectivity index (χ4n) is 1.00. The van der Waals surface area contributed by atoms with Gasteiger partial charge in [-0.05, 0) is 11.1 Å². The van der Waals surface area contributed by atoms with Crippen LogP contribution in [-0.2, 0) is 6.04 Å². The third-order valence-electron chi connectivity index (χ3n) is 2.64. The van der Waals surface area contributed by atoms with E-state index in [9.17, 15) is 0 Å². The van der Waals surface area contributed by atoms with Gasteiger partial charge in [0, 0.05) is 11.9 Å². The summed E-state index contributed by atoms with van der Waals surface area (Å²) in [6, 6.07) is 0.956. The van der Waals surface area contributed by atoms with Crippen molar-refractivity contribution in [2.45, 2.75) is 38.4 Å². The Hall–Kier alpha value is -0.283. The molecule has 2 nitrogen and oxygen atoms in total. The highest BCUT2D eigenvalue weighted by Gasteiger charge is 2.38. The molecule has 1 heterocycles. The minimum absolute atomic E-state index is 0.222. The monoisotopic (exact) mass is 216 g/mol. The van der Waals surface area contributed by atoms with Gasteiger partial charge < -0.3 is 4.98 Å². The fraction of sp³-hybridized carbons (Fsp3) is 0.667. The zero-order chi connectivity index (χ0) is 10.1. The summed E-state index contributed by atoms with van der Waals surface area (Å²) in [5, 5.41) is 0.222. The van der Waals surface area contributed by atoms with E-state index < -0.39 is 7.38 Å². The third kappa shape index (κ3) is 2.58. The van der Waals surface area contributed by atoms with Crippen molar-refractivity contribution in [3.05, 3.63) is 18.2 Å². The summed E-state index contributed by atoms with van der Waals surface area (Å²) < 4.78 is 0. The summed E-state index contributed by atoms with van der Waals surface area (Å²) in [5.74, 6) is 0. The summed E-state index contributed by atoms with van der Waals surface area (Å²) >= 11 is 6.59. The predicted octanol–water partition coefficient (Wildman–Crippen LogP) is 3.11. The number of imidazole rings is 1. The number of nitrogens with zero attached hydrogens (tertiary/aromatic N) is 1. The highest BCUT2D eigenvalue weighted by molar-refractivity contribution is 7.20.